The van der Waals surface area contributed by atoms with Crippen LogP contribution in [0.25, 0.3) is 16.8 Å². The SMILES string of the molecule is CC#CC(=O)N(C)[C@@H](C)c1nc(-c2cccc(C(=O)Nc3ccc(C(C)C)c(C)c3)c2)c2c(N)nccn12. The molecule has 4 aromatic rings. The average Bonchev–Trinajstić information content (AvgIpc) is 3.29. The number of amides is 2. The molecule has 0 radical (unpaired) electrons. The molecule has 194 valence electrons. The number of anilines is 2. The van der Waals surface area contributed by atoms with E-state index in [-0.39, 0.29) is 11.8 Å². The van der Waals surface area contributed by atoms with Gasteiger partial charge in [-0.15, -0.1) is 0 Å². The van der Waals surface area contributed by atoms with Gasteiger partial charge in [0, 0.05) is 36.3 Å². The zero-order valence-electron chi connectivity index (χ0n) is 22.5. The van der Waals surface area contributed by atoms with Crippen LogP contribution in [-0.2, 0) is 4.79 Å². The summed E-state index contributed by atoms with van der Waals surface area (Å²) >= 11 is 0. The van der Waals surface area contributed by atoms with E-state index in [1.165, 1.54) is 10.5 Å². The summed E-state index contributed by atoms with van der Waals surface area (Å²) in [4.78, 5) is 36.2. The largest absolute Gasteiger partial charge is 0.382 e. The average molecular weight is 509 g/mol. The van der Waals surface area contributed by atoms with E-state index >= 15 is 0 Å². The Morgan fingerprint density at radius 3 is 2.58 bits per heavy atom. The van der Waals surface area contributed by atoms with Crippen LogP contribution in [0.4, 0.5) is 11.5 Å². The van der Waals surface area contributed by atoms with Crippen molar-refractivity contribution in [3.8, 4) is 23.1 Å². The van der Waals surface area contributed by atoms with Gasteiger partial charge in [0.05, 0.1) is 6.04 Å². The smallest absolute Gasteiger partial charge is 0.298 e. The monoisotopic (exact) mass is 508 g/mol. The highest BCUT2D eigenvalue weighted by atomic mass is 16.2. The number of rotatable bonds is 6. The lowest BCUT2D eigenvalue weighted by molar-refractivity contribution is -0.125. The molecule has 2 heterocycles. The molecule has 2 amide bonds. The van der Waals surface area contributed by atoms with E-state index in [0.29, 0.717) is 39.9 Å². The first-order valence-electron chi connectivity index (χ1n) is 12.5. The number of imidazole rings is 1. The second-order valence-corrected chi connectivity index (χ2v) is 9.58. The number of aryl methyl sites for hydroxylation is 1. The Bertz CT molecular complexity index is 1590. The van der Waals surface area contributed by atoms with Crippen LogP contribution in [0.1, 0.15) is 67.0 Å². The van der Waals surface area contributed by atoms with Gasteiger partial charge in [-0.05, 0) is 68.0 Å². The Hall–Kier alpha value is -4.64. The van der Waals surface area contributed by atoms with E-state index in [1.807, 2.05) is 42.5 Å². The van der Waals surface area contributed by atoms with Crippen LogP contribution in [0, 0.1) is 18.8 Å². The zero-order chi connectivity index (χ0) is 27.6. The molecular formula is C30H32N6O2. The Kier molecular flexibility index (Phi) is 7.49. The van der Waals surface area contributed by atoms with E-state index in [9.17, 15) is 9.59 Å². The maximum Gasteiger partial charge on any atom is 0.298 e. The summed E-state index contributed by atoms with van der Waals surface area (Å²) in [5.41, 5.74) is 11.8. The second kappa shape index (κ2) is 10.8. The number of nitrogen functional groups attached to an aromatic ring is 1. The van der Waals surface area contributed by atoms with Gasteiger partial charge in [-0.25, -0.2) is 9.97 Å². The summed E-state index contributed by atoms with van der Waals surface area (Å²) in [7, 11) is 1.68. The molecule has 8 nitrogen and oxygen atoms in total. The first-order valence-corrected chi connectivity index (χ1v) is 12.5. The van der Waals surface area contributed by atoms with Crippen LogP contribution < -0.4 is 11.1 Å². The lowest BCUT2D eigenvalue weighted by atomic mass is 9.97. The number of fused-ring (bicyclic) bond motifs is 1. The number of hydrogen-bond acceptors (Lipinski definition) is 5. The minimum absolute atomic E-state index is 0.227. The summed E-state index contributed by atoms with van der Waals surface area (Å²) in [6.45, 7) is 9.84. The highest BCUT2D eigenvalue weighted by Crippen LogP contribution is 2.32. The minimum atomic E-state index is -0.394. The van der Waals surface area contributed by atoms with Crippen molar-refractivity contribution >= 4 is 28.8 Å². The van der Waals surface area contributed by atoms with Crippen molar-refractivity contribution in [1.82, 2.24) is 19.3 Å². The van der Waals surface area contributed by atoms with Crippen LogP contribution in [0.3, 0.4) is 0 Å². The van der Waals surface area contributed by atoms with Crippen LogP contribution in [0.15, 0.2) is 54.9 Å². The van der Waals surface area contributed by atoms with Crippen LogP contribution in [0.5, 0.6) is 0 Å². The normalized spacial score (nSPS) is 11.7. The molecule has 1 atom stereocenters. The number of hydrogen-bond donors (Lipinski definition) is 2. The fraction of sp³-hybridized carbons (Fsp3) is 0.267. The van der Waals surface area contributed by atoms with E-state index in [4.69, 9.17) is 10.7 Å². The van der Waals surface area contributed by atoms with Crippen molar-refractivity contribution < 1.29 is 9.59 Å². The third-order valence-electron chi connectivity index (χ3n) is 6.67. The Morgan fingerprint density at radius 1 is 1.13 bits per heavy atom. The second-order valence-electron chi connectivity index (χ2n) is 9.58. The van der Waals surface area contributed by atoms with Gasteiger partial charge in [0.1, 0.15) is 22.9 Å². The van der Waals surface area contributed by atoms with Crippen molar-refractivity contribution in [2.24, 2.45) is 0 Å². The standard InChI is InChI=1S/C30H32N6O2/c1-7-9-25(37)35(6)20(5)29-34-26(27-28(31)32-14-15-36(27)29)21-10-8-11-22(17-21)30(38)33-23-12-13-24(18(2)3)19(4)16-23/h8,10-18,20H,1-6H3,(H2,31,32)(H,33,38)/t20-/m0/s1. The highest BCUT2D eigenvalue weighted by Gasteiger charge is 2.24. The number of nitrogens with two attached hydrogens (primary N) is 1. The number of carbonyl (C=O) groups excluding carboxylic acids is 2. The van der Waals surface area contributed by atoms with Gasteiger partial charge in [-0.2, -0.15) is 0 Å². The van der Waals surface area contributed by atoms with Crippen molar-refractivity contribution in [2.45, 2.75) is 46.6 Å². The van der Waals surface area contributed by atoms with Gasteiger partial charge in [0.2, 0.25) is 0 Å². The molecule has 4 rings (SSSR count). The number of carbonyl (C=O) groups is 2. The third kappa shape index (κ3) is 5.09. The van der Waals surface area contributed by atoms with Gasteiger partial charge in [0.25, 0.3) is 11.8 Å². The molecule has 2 aromatic heterocycles. The van der Waals surface area contributed by atoms with Crippen molar-refractivity contribution in [3.05, 3.63) is 77.4 Å². The van der Waals surface area contributed by atoms with Crippen LogP contribution in [-0.4, -0.2) is 38.1 Å². The lowest BCUT2D eigenvalue weighted by Crippen LogP contribution is -2.29. The summed E-state index contributed by atoms with van der Waals surface area (Å²) in [6, 6.07) is 12.8. The zero-order valence-corrected chi connectivity index (χ0v) is 22.5. The Labute approximate surface area is 222 Å². The molecule has 0 aliphatic rings. The van der Waals surface area contributed by atoms with Crippen LogP contribution in [0.2, 0.25) is 0 Å². The number of nitrogens with zero attached hydrogens (tertiary/aromatic N) is 4. The van der Waals surface area contributed by atoms with Gasteiger partial charge in [-0.3, -0.25) is 14.0 Å². The Balaban J connectivity index is 1.71. The highest BCUT2D eigenvalue weighted by molar-refractivity contribution is 6.05. The van der Waals surface area contributed by atoms with Gasteiger partial charge in [-0.1, -0.05) is 38.0 Å². The molecule has 38 heavy (non-hydrogen) atoms. The molecule has 0 fully saturated rings. The quantitative estimate of drug-likeness (QED) is 0.348. The molecule has 0 saturated heterocycles. The molecule has 0 saturated carbocycles. The molecule has 2 aromatic carbocycles. The predicted molar refractivity (Wildman–Crippen MR) is 151 cm³/mol. The summed E-state index contributed by atoms with van der Waals surface area (Å²) in [5.74, 6) is 5.98. The molecule has 3 N–H and O–H groups in total. The van der Waals surface area contributed by atoms with Crippen molar-refractivity contribution in [1.29, 1.82) is 0 Å². The first kappa shape index (κ1) is 26.4. The molecule has 8 heteroatoms. The number of nitrogens with one attached hydrogen (secondary N) is 1. The topological polar surface area (TPSA) is 106 Å². The third-order valence-corrected chi connectivity index (χ3v) is 6.67. The fourth-order valence-electron chi connectivity index (χ4n) is 4.54. The van der Waals surface area contributed by atoms with E-state index in [1.54, 1.807) is 38.5 Å². The molecule has 0 aliphatic carbocycles. The molecule has 0 spiro atoms. The first-order chi connectivity index (χ1) is 18.1. The predicted octanol–water partition coefficient (Wildman–Crippen LogP) is 5.21. The molecular weight excluding hydrogens is 476 g/mol. The maximum absolute atomic E-state index is 13.2. The molecule has 0 bridgehead atoms. The van der Waals surface area contributed by atoms with Gasteiger partial charge < -0.3 is 16.0 Å². The Morgan fingerprint density at radius 2 is 1.89 bits per heavy atom. The summed E-state index contributed by atoms with van der Waals surface area (Å²) in [6.07, 6.45) is 3.35. The minimum Gasteiger partial charge on any atom is -0.382 e. The molecule has 0 unspecified atom stereocenters. The number of aromatic nitrogens is 3. The lowest BCUT2D eigenvalue weighted by Gasteiger charge is -2.21. The van der Waals surface area contributed by atoms with Gasteiger partial charge >= 0.3 is 0 Å². The van der Waals surface area contributed by atoms with E-state index < -0.39 is 6.04 Å². The summed E-state index contributed by atoms with van der Waals surface area (Å²) in [5, 5.41) is 3.00. The molecule has 0 aliphatic heterocycles. The van der Waals surface area contributed by atoms with E-state index in [0.717, 1.165) is 11.3 Å². The number of benzene rings is 2. The van der Waals surface area contributed by atoms with Crippen molar-refractivity contribution in [3.63, 3.8) is 0 Å². The van der Waals surface area contributed by atoms with E-state index in [2.05, 4.69) is 42.1 Å². The van der Waals surface area contributed by atoms with Gasteiger partial charge in [0.15, 0.2) is 0 Å². The maximum atomic E-state index is 13.2. The van der Waals surface area contributed by atoms with Crippen LogP contribution >= 0.6 is 0 Å². The van der Waals surface area contributed by atoms with Crippen molar-refractivity contribution in [2.75, 3.05) is 18.1 Å². The summed E-state index contributed by atoms with van der Waals surface area (Å²) < 4.78 is 1.83. The fourth-order valence-corrected chi connectivity index (χ4v) is 4.54.